The summed E-state index contributed by atoms with van der Waals surface area (Å²) in [6.07, 6.45) is 7.60. The van der Waals surface area contributed by atoms with Crippen LogP contribution in [0.3, 0.4) is 0 Å². The third-order valence-corrected chi connectivity index (χ3v) is 5.89. The molecule has 0 atom stereocenters. The fraction of sp³-hybridized carbons (Fsp3) is 0.929. The van der Waals surface area contributed by atoms with E-state index in [2.05, 4.69) is 10.6 Å². The van der Waals surface area contributed by atoms with Crippen molar-refractivity contribution in [2.45, 2.75) is 63.7 Å². The molecule has 0 aromatic carbocycles. The van der Waals surface area contributed by atoms with Gasteiger partial charge in [-0.05, 0) is 26.7 Å². The van der Waals surface area contributed by atoms with Crippen molar-refractivity contribution in [2.24, 2.45) is 0 Å². The van der Waals surface area contributed by atoms with E-state index >= 15 is 0 Å². The van der Waals surface area contributed by atoms with Gasteiger partial charge in [-0.1, -0.05) is 25.7 Å². The minimum absolute atomic E-state index is 0. The number of halogens is 1. The predicted octanol–water partition coefficient (Wildman–Crippen LogP) is 1.66. The first-order valence-electron chi connectivity index (χ1n) is 7.63. The van der Waals surface area contributed by atoms with E-state index in [9.17, 15) is 13.2 Å². The Labute approximate surface area is 135 Å². The number of carbonyl (C=O) groups is 1. The summed E-state index contributed by atoms with van der Waals surface area (Å²) < 4.78 is 23.2. The number of amides is 1. The van der Waals surface area contributed by atoms with Gasteiger partial charge in [0, 0.05) is 19.1 Å². The number of nitrogens with one attached hydrogen (secondary N) is 2. The molecule has 1 fully saturated rings. The van der Waals surface area contributed by atoms with Gasteiger partial charge in [-0.15, -0.1) is 12.4 Å². The highest BCUT2D eigenvalue weighted by atomic mass is 35.5. The van der Waals surface area contributed by atoms with Gasteiger partial charge in [0.1, 0.15) is 5.75 Å². The lowest BCUT2D eigenvalue weighted by Gasteiger charge is -2.16. The summed E-state index contributed by atoms with van der Waals surface area (Å²) in [5, 5.41) is 5.60. The molecule has 1 amide bonds. The first kappa shape index (κ1) is 20.7. The maximum absolute atomic E-state index is 11.6. The van der Waals surface area contributed by atoms with Gasteiger partial charge < -0.3 is 10.6 Å². The second kappa shape index (κ2) is 10.4. The van der Waals surface area contributed by atoms with Gasteiger partial charge in [-0.25, -0.2) is 8.42 Å². The zero-order chi connectivity index (χ0) is 15.0. The molecule has 126 valence electrons. The third kappa shape index (κ3) is 8.63. The average molecular weight is 341 g/mol. The van der Waals surface area contributed by atoms with Crippen molar-refractivity contribution in [1.29, 1.82) is 0 Å². The van der Waals surface area contributed by atoms with Crippen molar-refractivity contribution >= 4 is 28.2 Å². The Kier molecular flexibility index (Phi) is 10.2. The number of rotatable bonds is 7. The van der Waals surface area contributed by atoms with Gasteiger partial charge in [-0.2, -0.15) is 0 Å². The van der Waals surface area contributed by atoms with E-state index in [0.717, 1.165) is 0 Å². The maximum Gasteiger partial charge on any atom is 0.235 e. The second-order valence-electron chi connectivity index (χ2n) is 5.85. The van der Waals surface area contributed by atoms with E-state index in [1.165, 1.54) is 38.5 Å². The van der Waals surface area contributed by atoms with E-state index < -0.39 is 26.7 Å². The molecule has 7 heteroatoms. The van der Waals surface area contributed by atoms with Gasteiger partial charge in [0.05, 0.1) is 5.25 Å². The van der Waals surface area contributed by atoms with Crippen LogP contribution in [0.2, 0.25) is 0 Å². The zero-order valence-electron chi connectivity index (χ0n) is 13.1. The molecule has 1 rings (SSSR count). The molecule has 0 aromatic heterocycles. The topological polar surface area (TPSA) is 75.3 Å². The normalized spacial score (nSPS) is 17.1. The summed E-state index contributed by atoms with van der Waals surface area (Å²) in [5.41, 5.74) is 0. The van der Waals surface area contributed by atoms with E-state index in [1.807, 2.05) is 0 Å². The van der Waals surface area contributed by atoms with Crippen LogP contribution in [0.5, 0.6) is 0 Å². The standard InChI is InChI=1S/C14H28N2O3S.ClH/c1-12(2)20(18,19)11-14(17)16-10-9-15-13-7-5-3-4-6-8-13;/h12-13,15H,3-11H2,1-2H3,(H,16,17);1H. The summed E-state index contributed by atoms with van der Waals surface area (Å²) in [6.45, 7) is 4.38. The van der Waals surface area contributed by atoms with Crippen LogP contribution >= 0.6 is 12.4 Å². The molecule has 1 saturated carbocycles. The monoisotopic (exact) mass is 340 g/mol. The average Bonchev–Trinajstić information content (AvgIpc) is 2.62. The molecule has 2 N–H and O–H groups in total. The van der Waals surface area contributed by atoms with E-state index in [0.29, 0.717) is 19.1 Å². The minimum atomic E-state index is -3.29. The van der Waals surface area contributed by atoms with Crippen LogP contribution in [0.1, 0.15) is 52.4 Å². The summed E-state index contributed by atoms with van der Waals surface area (Å²) >= 11 is 0. The summed E-state index contributed by atoms with van der Waals surface area (Å²) in [6, 6.07) is 0.550. The molecule has 0 aromatic rings. The van der Waals surface area contributed by atoms with Gasteiger partial charge in [-0.3, -0.25) is 4.79 Å². The fourth-order valence-corrected chi connectivity index (χ4v) is 3.16. The molecule has 1 aliphatic rings. The molecule has 0 unspecified atom stereocenters. The summed E-state index contributed by atoms with van der Waals surface area (Å²) in [5.74, 6) is -0.810. The Hall–Kier alpha value is -0.330. The predicted molar refractivity (Wildman–Crippen MR) is 88.7 cm³/mol. The Morgan fingerprint density at radius 1 is 1.10 bits per heavy atom. The lowest BCUT2D eigenvalue weighted by molar-refractivity contribution is -0.118. The van der Waals surface area contributed by atoms with Crippen molar-refractivity contribution < 1.29 is 13.2 Å². The Balaban J connectivity index is 0.00000400. The van der Waals surface area contributed by atoms with Crippen LogP contribution in [0.15, 0.2) is 0 Å². The Morgan fingerprint density at radius 2 is 1.67 bits per heavy atom. The molecule has 1 aliphatic carbocycles. The minimum Gasteiger partial charge on any atom is -0.354 e. The van der Waals surface area contributed by atoms with Crippen LogP contribution in [0.4, 0.5) is 0 Å². The van der Waals surface area contributed by atoms with Crippen molar-refractivity contribution in [3.05, 3.63) is 0 Å². The zero-order valence-corrected chi connectivity index (χ0v) is 14.7. The Bertz CT molecular complexity index is 391. The summed E-state index contributed by atoms with van der Waals surface area (Å²) in [4.78, 5) is 11.6. The lowest BCUT2D eigenvalue weighted by atomic mass is 10.1. The first-order valence-corrected chi connectivity index (χ1v) is 9.35. The van der Waals surface area contributed by atoms with Crippen molar-refractivity contribution in [3.63, 3.8) is 0 Å². The van der Waals surface area contributed by atoms with Gasteiger partial charge in [0.2, 0.25) is 5.91 Å². The molecular formula is C14H29ClN2O3S. The van der Waals surface area contributed by atoms with Crippen LogP contribution in [-0.2, 0) is 14.6 Å². The van der Waals surface area contributed by atoms with Crippen LogP contribution in [-0.4, -0.2) is 44.5 Å². The third-order valence-electron chi connectivity index (χ3n) is 3.79. The molecule has 0 bridgehead atoms. The first-order chi connectivity index (χ1) is 9.42. The van der Waals surface area contributed by atoms with Gasteiger partial charge in [0.25, 0.3) is 0 Å². The van der Waals surface area contributed by atoms with E-state index in [1.54, 1.807) is 13.8 Å². The SMILES string of the molecule is CC(C)S(=O)(=O)CC(=O)NCCNC1CCCCCC1.Cl. The van der Waals surface area contributed by atoms with Crippen molar-refractivity contribution in [3.8, 4) is 0 Å². The molecule has 0 heterocycles. The molecule has 5 nitrogen and oxygen atoms in total. The van der Waals surface area contributed by atoms with Gasteiger partial charge in [0.15, 0.2) is 9.84 Å². The second-order valence-corrected chi connectivity index (χ2v) is 8.41. The number of hydrogen-bond acceptors (Lipinski definition) is 4. The Morgan fingerprint density at radius 3 is 2.19 bits per heavy atom. The van der Waals surface area contributed by atoms with Crippen LogP contribution in [0, 0.1) is 0 Å². The molecule has 21 heavy (non-hydrogen) atoms. The van der Waals surface area contributed by atoms with Crippen LogP contribution in [0.25, 0.3) is 0 Å². The maximum atomic E-state index is 11.6. The van der Waals surface area contributed by atoms with E-state index in [4.69, 9.17) is 0 Å². The highest BCUT2D eigenvalue weighted by molar-refractivity contribution is 7.92. The van der Waals surface area contributed by atoms with Gasteiger partial charge >= 0.3 is 0 Å². The molecule has 0 radical (unpaired) electrons. The largest absolute Gasteiger partial charge is 0.354 e. The van der Waals surface area contributed by atoms with Crippen molar-refractivity contribution in [2.75, 3.05) is 18.8 Å². The summed E-state index contributed by atoms with van der Waals surface area (Å²) in [7, 11) is -3.29. The van der Waals surface area contributed by atoms with E-state index in [-0.39, 0.29) is 12.4 Å². The molecular weight excluding hydrogens is 312 g/mol. The molecule has 0 spiro atoms. The lowest BCUT2D eigenvalue weighted by Crippen LogP contribution is -2.39. The van der Waals surface area contributed by atoms with Crippen LogP contribution < -0.4 is 10.6 Å². The van der Waals surface area contributed by atoms with Crippen molar-refractivity contribution in [1.82, 2.24) is 10.6 Å². The molecule has 0 aliphatic heterocycles. The number of sulfone groups is 1. The highest BCUT2D eigenvalue weighted by Crippen LogP contribution is 2.16. The number of hydrogen-bond donors (Lipinski definition) is 2. The number of carbonyl (C=O) groups excluding carboxylic acids is 1. The molecule has 0 saturated heterocycles. The quantitative estimate of drug-likeness (QED) is 0.546. The smallest absolute Gasteiger partial charge is 0.235 e. The fourth-order valence-electron chi connectivity index (χ4n) is 2.36. The highest BCUT2D eigenvalue weighted by Gasteiger charge is 2.20.